The molecular weight excluding hydrogens is 390 g/mol. The van der Waals surface area contributed by atoms with Gasteiger partial charge in [0, 0.05) is 13.5 Å². The van der Waals surface area contributed by atoms with Gasteiger partial charge < -0.3 is 15.2 Å². The van der Waals surface area contributed by atoms with E-state index in [9.17, 15) is 18.3 Å². The van der Waals surface area contributed by atoms with Crippen molar-refractivity contribution < 1.29 is 23.1 Å². The molecule has 2 aromatic rings. The summed E-state index contributed by atoms with van der Waals surface area (Å²) in [6.45, 7) is 1.17. The summed E-state index contributed by atoms with van der Waals surface area (Å²) in [6.07, 6.45) is 3.18. The maximum Gasteiger partial charge on any atom is 0.251 e. The fourth-order valence-electron chi connectivity index (χ4n) is 3.12. The second-order valence-electron chi connectivity index (χ2n) is 6.40. The molecule has 1 heterocycles. The molecule has 10 heteroatoms. The molecule has 1 amide bonds. The van der Waals surface area contributed by atoms with Crippen LogP contribution in [0.1, 0.15) is 30.9 Å². The lowest BCUT2D eigenvalue weighted by atomic mass is 9.79. The standard InChI is InChI=1S/C17H21N3O5S2/c1-11(21)20-16-18-9-15(26-16)27(23,24)19-10-17(22)7-3-4-12-8-13(25-2)5-6-14(12)17/h5-6,8-9,19,22H,3-4,7,10H2,1-2H3,(H,18,20,21)/t17-/m1/s1. The molecule has 1 aromatic carbocycles. The molecule has 3 rings (SSSR count). The lowest BCUT2D eigenvalue weighted by molar-refractivity contribution is -0.114. The Morgan fingerprint density at radius 3 is 2.93 bits per heavy atom. The number of sulfonamides is 1. The molecule has 146 valence electrons. The largest absolute Gasteiger partial charge is 0.497 e. The van der Waals surface area contributed by atoms with Gasteiger partial charge in [0.15, 0.2) is 9.34 Å². The van der Waals surface area contributed by atoms with Crippen LogP contribution in [0.5, 0.6) is 5.75 Å². The second kappa shape index (κ2) is 7.55. The highest BCUT2D eigenvalue weighted by Crippen LogP contribution is 2.37. The van der Waals surface area contributed by atoms with Crippen LogP contribution in [0.4, 0.5) is 5.13 Å². The fourth-order valence-corrected chi connectivity index (χ4v) is 5.34. The number of aryl methyl sites for hydroxylation is 1. The number of ether oxygens (including phenoxy) is 1. The number of thiazole rings is 1. The lowest BCUT2D eigenvalue weighted by Gasteiger charge is -2.34. The van der Waals surface area contributed by atoms with E-state index in [-0.39, 0.29) is 21.8 Å². The Morgan fingerprint density at radius 1 is 1.44 bits per heavy atom. The molecule has 0 radical (unpaired) electrons. The summed E-state index contributed by atoms with van der Waals surface area (Å²) in [5.74, 6) is 0.374. The molecule has 1 aliphatic carbocycles. The number of aromatic nitrogens is 1. The van der Waals surface area contributed by atoms with Crippen LogP contribution in [-0.4, -0.2) is 38.1 Å². The molecule has 0 fully saturated rings. The molecule has 0 aliphatic heterocycles. The van der Waals surface area contributed by atoms with E-state index < -0.39 is 15.6 Å². The van der Waals surface area contributed by atoms with Gasteiger partial charge in [0.1, 0.15) is 11.4 Å². The van der Waals surface area contributed by atoms with Crippen LogP contribution >= 0.6 is 11.3 Å². The van der Waals surface area contributed by atoms with Crippen molar-refractivity contribution >= 4 is 32.4 Å². The smallest absolute Gasteiger partial charge is 0.251 e. The van der Waals surface area contributed by atoms with Crippen molar-refractivity contribution in [2.75, 3.05) is 19.0 Å². The summed E-state index contributed by atoms with van der Waals surface area (Å²) < 4.78 is 32.8. The van der Waals surface area contributed by atoms with E-state index in [0.717, 1.165) is 29.7 Å². The first-order chi connectivity index (χ1) is 12.7. The third kappa shape index (κ3) is 4.29. The van der Waals surface area contributed by atoms with Crippen molar-refractivity contribution in [3.63, 3.8) is 0 Å². The highest BCUT2D eigenvalue weighted by molar-refractivity contribution is 7.91. The lowest BCUT2D eigenvalue weighted by Crippen LogP contribution is -2.42. The Hall–Kier alpha value is -2.01. The van der Waals surface area contributed by atoms with Gasteiger partial charge in [0.2, 0.25) is 5.91 Å². The predicted molar refractivity (Wildman–Crippen MR) is 101 cm³/mol. The van der Waals surface area contributed by atoms with Gasteiger partial charge in [0.25, 0.3) is 10.0 Å². The Kier molecular flexibility index (Phi) is 5.52. The van der Waals surface area contributed by atoms with Crippen molar-refractivity contribution in [2.24, 2.45) is 0 Å². The summed E-state index contributed by atoms with van der Waals surface area (Å²) in [5.41, 5.74) is 0.367. The maximum atomic E-state index is 12.5. The maximum absolute atomic E-state index is 12.5. The zero-order valence-corrected chi connectivity index (χ0v) is 16.6. The van der Waals surface area contributed by atoms with Crippen LogP contribution < -0.4 is 14.8 Å². The number of hydrogen-bond donors (Lipinski definition) is 3. The summed E-state index contributed by atoms with van der Waals surface area (Å²) in [4.78, 5) is 14.9. The van der Waals surface area contributed by atoms with Crippen LogP contribution in [0.2, 0.25) is 0 Å². The molecule has 1 aliphatic rings. The van der Waals surface area contributed by atoms with Crippen LogP contribution in [0.25, 0.3) is 0 Å². The first-order valence-electron chi connectivity index (χ1n) is 8.36. The van der Waals surface area contributed by atoms with Crippen molar-refractivity contribution in [1.82, 2.24) is 9.71 Å². The molecule has 0 unspecified atom stereocenters. The summed E-state index contributed by atoms with van der Waals surface area (Å²) in [5, 5.41) is 13.7. The number of carbonyl (C=O) groups is 1. The van der Waals surface area contributed by atoms with Crippen molar-refractivity contribution in [1.29, 1.82) is 0 Å². The molecule has 27 heavy (non-hydrogen) atoms. The fraction of sp³-hybridized carbons (Fsp3) is 0.412. The predicted octanol–water partition coefficient (Wildman–Crippen LogP) is 1.61. The second-order valence-corrected chi connectivity index (χ2v) is 9.42. The number of hydrogen-bond acceptors (Lipinski definition) is 7. The Bertz CT molecular complexity index is 957. The van der Waals surface area contributed by atoms with E-state index in [1.807, 2.05) is 6.07 Å². The molecule has 3 N–H and O–H groups in total. The number of carbonyl (C=O) groups excluding carboxylic acids is 1. The zero-order chi connectivity index (χ0) is 19.7. The van der Waals surface area contributed by atoms with E-state index in [4.69, 9.17) is 4.74 Å². The van der Waals surface area contributed by atoms with Crippen molar-refractivity contribution in [3.8, 4) is 5.75 Å². The Labute approximate surface area is 161 Å². The number of nitrogens with zero attached hydrogens (tertiary/aromatic N) is 1. The van der Waals surface area contributed by atoms with E-state index >= 15 is 0 Å². The molecule has 1 aromatic heterocycles. The molecule has 0 bridgehead atoms. The molecule has 0 saturated heterocycles. The van der Waals surface area contributed by atoms with Crippen LogP contribution in [-0.2, 0) is 26.8 Å². The quantitative estimate of drug-likeness (QED) is 0.665. The molecule has 0 spiro atoms. The average Bonchev–Trinajstić information content (AvgIpc) is 3.09. The molecular formula is C17H21N3O5S2. The van der Waals surface area contributed by atoms with Gasteiger partial charge >= 0.3 is 0 Å². The SMILES string of the molecule is COc1ccc2c(c1)CCC[C@@]2(O)CNS(=O)(=O)c1cnc(NC(C)=O)s1. The van der Waals surface area contributed by atoms with Gasteiger partial charge in [-0.1, -0.05) is 17.4 Å². The number of aliphatic hydroxyl groups is 1. The third-order valence-electron chi connectivity index (χ3n) is 4.44. The number of amides is 1. The third-order valence-corrected chi connectivity index (χ3v) is 7.21. The van der Waals surface area contributed by atoms with E-state index in [1.54, 1.807) is 19.2 Å². The van der Waals surface area contributed by atoms with Crippen molar-refractivity contribution in [3.05, 3.63) is 35.5 Å². The highest BCUT2D eigenvalue weighted by Gasteiger charge is 2.36. The van der Waals surface area contributed by atoms with Crippen LogP contribution in [0, 0.1) is 0 Å². The normalized spacial score (nSPS) is 19.4. The number of benzene rings is 1. The van der Waals surface area contributed by atoms with E-state index in [2.05, 4.69) is 15.0 Å². The topological polar surface area (TPSA) is 118 Å². The van der Waals surface area contributed by atoms with Gasteiger partial charge in [-0.2, -0.15) is 0 Å². The molecule has 0 saturated carbocycles. The number of rotatable bonds is 6. The van der Waals surface area contributed by atoms with Crippen LogP contribution in [0.15, 0.2) is 28.6 Å². The van der Waals surface area contributed by atoms with E-state index in [0.29, 0.717) is 17.7 Å². The first-order valence-corrected chi connectivity index (χ1v) is 10.7. The van der Waals surface area contributed by atoms with Gasteiger partial charge in [-0.15, -0.1) is 0 Å². The number of nitrogens with one attached hydrogen (secondary N) is 2. The number of fused-ring (bicyclic) bond motifs is 1. The zero-order valence-electron chi connectivity index (χ0n) is 15.0. The van der Waals surface area contributed by atoms with Gasteiger partial charge in [-0.05, 0) is 42.5 Å². The molecule has 8 nitrogen and oxygen atoms in total. The average molecular weight is 412 g/mol. The summed E-state index contributed by atoms with van der Waals surface area (Å²) in [6, 6.07) is 5.41. The Morgan fingerprint density at radius 2 is 2.22 bits per heavy atom. The van der Waals surface area contributed by atoms with Crippen LogP contribution in [0.3, 0.4) is 0 Å². The summed E-state index contributed by atoms with van der Waals surface area (Å²) in [7, 11) is -2.28. The first kappa shape index (κ1) is 19.7. The highest BCUT2D eigenvalue weighted by atomic mass is 32.2. The summed E-state index contributed by atoms with van der Waals surface area (Å²) >= 11 is 0.853. The monoisotopic (exact) mass is 411 g/mol. The van der Waals surface area contributed by atoms with Gasteiger partial charge in [-0.3, -0.25) is 4.79 Å². The minimum atomic E-state index is -3.86. The minimum absolute atomic E-state index is 0.0272. The number of anilines is 1. The van der Waals surface area contributed by atoms with Gasteiger partial charge in [0.05, 0.1) is 13.3 Å². The van der Waals surface area contributed by atoms with E-state index in [1.165, 1.54) is 13.1 Å². The number of methoxy groups -OCH3 is 1. The Balaban J connectivity index is 1.78. The minimum Gasteiger partial charge on any atom is -0.497 e. The van der Waals surface area contributed by atoms with Crippen molar-refractivity contribution in [2.45, 2.75) is 36.0 Å². The van der Waals surface area contributed by atoms with Gasteiger partial charge in [-0.25, -0.2) is 18.1 Å². The molecule has 1 atom stereocenters.